The molecule has 31 N–H and O–H groups in total. The number of rotatable bonds is 55. The van der Waals surface area contributed by atoms with Crippen LogP contribution in [-0.2, 0) is 122 Å². The van der Waals surface area contributed by atoms with Gasteiger partial charge in [-0.25, -0.2) is 9.78 Å². The third kappa shape index (κ3) is 37.0. The lowest BCUT2D eigenvalue weighted by Gasteiger charge is -2.31. The van der Waals surface area contributed by atoms with Gasteiger partial charge in [0.25, 0.3) is 0 Å². The molecule has 1 aromatic heterocycles. The highest BCUT2D eigenvalue weighted by atomic mass is 16.4. The highest BCUT2D eigenvalue weighted by molar-refractivity contribution is 6.02. The summed E-state index contributed by atoms with van der Waals surface area (Å²) in [5.74, 6) is -21.4. The SMILES string of the molecule is CC(C)C[C@H](NC(=O)CNC(=O)CNC(=O)[C@H](Cc1ccccc1)NC(=O)[C@H](Cc1cnc[nH]1)NC(=O)CNC(=O)[C@@H](NC(=O)[C@H](CC(=O)O)NC(=O)[C@H](Cc1ccccc1)NC(=O)[C@H](CCCNC(=N)N)NC(=O)[C@@H](N)CCC(N)=O)[C@@H](C)O)C(=O)N[C@@H](Cc1ccc(O)cc1)C(=O)N1CCC[C@H]1C(=O)N[C@@H](CCN)C(=O)N[C@@H](CC(N)=O)C(=O)NCC(=O)N1CCC[C@H]1C(=O)O. The van der Waals surface area contributed by atoms with Crippen LogP contribution in [0.5, 0.6) is 5.75 Å². The number of nitrogens with zero attached hydrogens (tertiary/aromatic N) is 3. The summed E-state index contributed by atoms with van der Waals surface area (Å²) in [4.78, 5) is 280. The number of carboxylic acid groups (broad SMARTS) is 2. The zero-order valence-corrected chi connectivity index (χ0v) is 73.6. The fraction of sp³-hybridized carbons (Fsp3) is 0.500. The first kappa shape index (κ1) is 107. The summed E-state index contributed by atoms with van der Waals surface area (Å²) >= 11 is 0. The van der Waals surface area contributed by atoms with Gasteiger partial charge in [0.05, 0.1) is 57.5 Å². The standard InChI is InChI=1S/C84H119N25O24/c1-44(2)31-54(76(125)106-60(34-48-20-22-50(111)23-21-48)82(131)109-30-11-18-61(109)80(129)101-53(26-27-85)75(124)104-58(36-64(88)113)73(122)96-42-68(117)108-29-12-19-62(108)83(132)133)98-66(115)40-93-65(114)39-94-72(121)55(32-46-13-6-4-7-14-46)102-78(127)57(35-49-38-91-43-97-49)99-67(116)41-95-81(130)70(45(3)110)107-79(128)59(37-69(118)119)105-77(126)56(33-47-15-8-5-9-16-47)103-74(123)52(17-10-28-92-84(89)90)100-71(120)51(86)24-25-63(87)112/h4-9,13-16,20-23,38,43-45,51-62,70,110-111H,10-12,17-19,24-37,39-42,85-86H2,1-3H3,(H2,87,112)(H2,88,113)(H,91,97)(H,93,114)(H,94,121)(H,95,130)(H,96,122)(H,98,115)(H,99,116)(H,100,120)(H,101,129)(H,102,127)(H,103,123)(H,104,124)(H,105,126)(H,106,125)(H,107,128)(H,118,119)(H,132,133)(H4,89,90,92)/t45-,51+,52+,53+,54+,55+,56+,57+,58+,59+,60+,61+,62+,70+/m1/s1. The number of aromatic amines is 1. The molecular formula is C84H119N25O24. The number of carboxylic acids is 2. The number of likely N-dealkylation sites (tertiary alicyclic amines) is 2. The Morgan fingerprint density at radius 1 is 0.481 bits per heavy atom. The molecule has 49 heteroatoms. The number of carbonyl (C=O) groups is 20. The lowest BCUT2D eigenvalue weighted by Crippen LogP contribution is -2.61. The maximum atomic E-state index is 14.9. The molecule has 0 bridgehead atoms. The first-order valence-corrected chi connectivity index (χ1v) is 42.9. The fourth-order valence-corrected chi connectivity index (χ4v) is 14.3. The Hall–Kier alpha value is -14.8. The average Bonchev–Trinajstić information content (AvgIpc) is 1.65. The Bertz CT molecular complexity index is 4740. The van der Waals surface area contributed by atoms with Crippen molar-refractivity contribution in [3.05, 3.63) is 120 Å². The van der Waals surface area contributed by atoms with Crippen molar-refractivity contribution in [3.8, 4) is 5.75 Å². The molecule has 18 amide bonds. The summed E-state index contributed by atoms with van der Waals surface area (Å²) in [5, 5.41) is 84.5. The number of carbonyl (C=O) groups excluding carboxylic acids is 18. The third-order valence-electron chi connectivity index (χ3n) is 21.1. The summed E-state index contributed by atoms with van der Waals surface area (Å²) in [7, 11) is 0. The number of aromatic nitrogens is 2. The normalized spacial score (nSPS) is 16.0. The number of nitrogens with one attached hydrogen (secondary N) is 17. The number of hydrogen-bond acceptors (Lipinski definition) is 26. The molecule has 3 heterocycles. The quantitative estimate of drug-likeness (QED) is 0.0111. The summed E-state index contributed by atoms with van der Waals surface area (Å²) in [6, 6.07) is 1.81. The second kappa shape index (κ2) is 54.0. The van der Waals surface area contributed by atoms with E-state index in [4.69, 9.17) is 34.1 Å². The van der Waals surface area contributed by atoms with Gasteiger partial charge < -0.3 is 144 Å². The van der Waals surface area contributed by atoms with Crippen molar-refractivity contribution >= 4 is 124 Å². The van der Waals surface area contributed by atoms with Crippen molar-refractivity contribution in [2.75, 3.05) is 52.4 Å². The van der Waals surface area contributed by atoms with Gasteiger partial charge in [-0.3, -0.25) is 96.5 Å². The number of H-pyrrole nitrogens is 1. The molecule has 724 valence electrons. The Morgan fingerprint density at radius 3 is 1.50 bits per heavy atom. The van der Waals surface area contributed by atoms with E-state index in [2.05, 4.69) is 89.7 Å². The van der Waals surface area contributed by atoms with E-state index in [1.165, 1.54) is 41.7 Å². The summed E-state index contributed by atoms with van der Waals surface area (Å²) < 4.78 is 0. The van der Waals surface area contributed by atoms with E-state index in [-0.39, 0.29) is 127 Å². The Balaban J connectivity index is 1.09. The largest absolute Gasteiger partial charge is 0.508 e. The number of aliphatic hydroxyl groups is 1. The van der Waals surface area contributed by atoms with Gasteiger partial charge in [0, 0.05) is 63.6 Å². The van der Waals surface area contributed by atoms with Crippen molar-refractivity contribution in [3.63, 3.8) is 0 Å². The Kier molecular flexibility index (Phi) is 43.4. The summed E-state index contributed by atoms with van der Waals surface area (Å²) in [6.45, 7) is 1.11. The molecule has 0 aliphatic carbocycles. The molecular weight excluding hydrogens is 1740 g/mol. The number of phenols is 1. The smallest absolute Gasteiger partial charge is 0.326 e. The Labute approximate surface area is 763 Å². The van der Waals surface area contributed by atoms with Crippen molar-refractivity contribution < 1.29 is 116 Å². The van der Waals surface area contributed by atoms with Gasteiger partial charge in [0.2, 0.25) is 106 Å². The van der Waals surface area contributed by atoms with Gasteiger partial charge in [-0.15, -0.1) is 0 Å². The van der Waals surface area contributed by atoms with Crippen LogP contribution in [0.2, 0.25) is 0 Å². The van der Waals surface area contributed by atoms with Crippen LogP contribution in [0.1, 0.15) is 120 Å². The van der Waals surface area contributed by atoms with E-state index in [1.807, 2.05) is 0 Å². The van der Waals surface area contributed by atoms with Gasteiger partial charge in [-0.2, -0.15) is 0 Å². The summed E-state index contributed by atoms with van der Waals surface area (Å²) in [5.41, 5.74) is 29.5. The Morgan fingerprint density at radius 2 is 0.955 bits per heavy atom. The molecule has 2 aliphatic rings. The monoisotopic (exact) mass is 1860 g/mol. The number of nitrogens with two attached hydrogens (primary N) is 5. The van der Waals surface area contributed by atoms with Gasteiger partial charge in [-0.05, 0) is 106 Å². The van der Waals surface area contributed by atoms with Crippen LogP contribution in [0, 0.1) is 11.3 Å². The first-order chi connectivity index (χ1) is 63.1. The highest BCUT2D eigenvalue weighted by Gasteiger charge is 2.43. The van der Waals surface area contributed by atoms with Crippen LogP contribution in [0.15, 0.2) is 97.5 Å². The predicted molar refractivity (Wildman–Crippen MR) is 469 cm³/mol. The number of amides is 18. The molecule has 6 rings (SSSR count). The number of hydrogen-bond donors (Lipinski definition) is 26. The number of phenolic OH excluding ortho intramolecular Hbond substituents is 1. The van der Waals surface area contributed by atoms with Crippen molar-refractivity contribution in [1.29, 1.82) is 5.41 Å². The lowest BCUT2D eigenvalue weighted by atomic mass is 10.0. The molecule has 0 spiro atoms. The van der Waals surface area contributed by atoms with E-state index in [0.717, 1.165) is 11.8 Å². The highest BCUT2D eigenvalue weighted by Crippen LogP contribution is 2.23. The minimum absolute atomic E-state index is 0.0412. The molecule has 133 heavy (non-hydrogen) atoms. The molecule has 4 aromatic rings. The predicted octanol–water partition coefficient (Wildman–Crippen LogP) is -9.25. The molecule has 2 saturated heterocycles. The van der Waals surface area contributed by atoms with E-state index < -0.39 is 248 Å². The van der Waals surface area contributed by atoms with Crippen LogP contribution < -0.4 is 108 Å². The van der Waals surface area contributed by atoms with Crippen molar-refractivity contribution in [2.24, 2.45) is 34.6 Å². The molecule has 2 fully saturated rings. The van der Waals surface area contributed by atoms with Crippen molar-refractivity contribution in [2.45, 2.75) is 208 Å². The topological polar surface area (TPSA) is 792 Å². The van der Waals surface area contributed by atoms with Crippen LogP contribution in [0.25, 0.3) is 0 Å². The maximum Gasteiger partial charge on any atom is 0.326 e. The fourth-order valence-electron chi connectivity index (χ4n) is 14.3. The summed E-state index contributed by atoms with van der Waals surface area (Å²) in [6.07, 6.45) is -2.19. The minimum atomic E-state index is -2.05. The van der Waals surface area contributed by atoms with Crippen molar-refractivity contribution in [1.82, 2.24) is 99.5 Å². The third-order valence-corrected chi connectivity index (χ3v) is 21.1. The van der Waals surface area contributed by atoms with Gasteiger partial charge in [0.1, 0.15) is 78.3 Å². The lowest BCUT2D eigenvalue weighted by molar-refractivity contribution is -0.148. The number of primary amides is 2. The van der Waals surface area contributed by atoms with E-state index in [1.54, 1.807) is 74.5 Å². The van der Waals surface area contributed by atoms with Crippen LogP contribution in [0.3, 0.4) is 0 Å². The second-order valence-electron chi connectivity index (χ2n) is 32.2. The van der Waals surface area contributed by atoms with Gasteiger partial charge in [0.15, 0.2) is 5.96 Å². The zero-order chi connectivity index (χ0) is 98.1. The molecule has 14 atom stereocenters. The molecule has 0 radical (unpaired) electrons. The van der Waals surface area contributed by atoms with Crippen LogP contribution in [-0.4, -0.2) is 301 Å². The van der Waals surface area contributed by atoms with E-state index in [9.17, 15) is 116 Å². The van der Waals surface area contributed by atoms with Crippen LogP contribution in [0.4, 0.5) is 0 Å². The van der Waals surface area contributed by atoms with E-state index in [0.29, 0.717) is 23.1 Å². The molecule has 0 saturated carbocycles. The molecule has 2 aliphatic heterocycles. The number of aliphatic hydroxyl groups excluding tert-OH is 1. The maximum absolute atomic E-state index is 14.9. The number of imidazole rings is 1. The van der Waals surface area contributed by atoms with Crippen LogP contribution >= 0.6 is 0 Å². The van der Waals surface area contributed by atoms with Gasteiger partial charge >= 0.3 is 11.9 Å². The van der Waals surface area contributed by atoms with Gasteiger partial charge in [-0.1, -0.05) is 86.6 Å². The number of aromatic hydroxyl groups is 1. The molecule has 3 aromatic carbocycles. The number of guanidine groups is 1. The minimum Gasteiger partial charge on any atom is -0.508 e. The first-order valence-electron chi connectivity index (χ1n) is 42.9. The number of benzene rings is 3. The molecule has 49 nitrogen and oxygen atoms in total. The molecule has 0 unspecified atom stereocenters. The number of aliphatic carboxylic acids is 2. The zero-order valence-electron chi connectivity index (χ0n) is 73.6. The average molecular weight is 1860 g/mol. The second-order valence-corrected chi connectivity index (χ2v) is 32.2. The van der Waals surface area contributed by atoms with E-state index >= 15 is 0 Å².